The number of rotatable bonds is 6. The monoisotopic (exact) mass is 367 g/mol. The van der Waals surface area contributed by atoms with Crippen LogP contribution in [0.2, 0.25) is 0 Å². The summed E-state index contributed by atoms with van der Waals surface area (Å²) in [5.74, 6) is 0.525. The number of hydrogen-bond acceptors (Lipinski definition) is 3. The van der Waals surface area contributed by atoms with Crippen molar-refractivity contribution < 1.29 is 4.79 Å². The summed E-state index contributed by atoms with van der Waals surface area (Å²) in [5, 5.41) is 3.21. The highest BCUT2D eigenvalue weighted by Gasteiger charge is 2.33. The fourth-order valence-electron chi connectivity index (χ4n) is 4.47. The molecular weight excluding hydrogens is 334 g/mol. The molecule has 3 aliphatic rings. The van der Waals surface area contributed by atoms with Crippen molar-refractivity contribution in [2.24, 2.45) is 5.92 Å². The van der Waals surface area contributed by atoms with E-state index in [1.54, 1.807) is 0 Å². The minimum atomic E-state index is 0.214. The lowest BCUT2D eigenvalue weighted by molar-refractivity contribution is -0.127. The zero-order valence-corrected chi connectivity index (χ0v) is 16.4. The molecule has 1 saturated carbocycles. The molecule has 1 aromatic rings. The SMILES string of the molecule is O=C(NC1CC1)[C@@H]1CCCN(C2CCN(C/C=C/c3ccccc3)CC2)C1. The summed E-state index contributed by atoms with van der Waals surface area (Å²) in [6.45, 7) is 5.51. The molecule has 1 aromatic carbocycles. The van der Waals surface area contributed by atoms with Crippen molar-refractivity contribution in [3.8, 4) is 0 Å². The van der Waals surface area contributed by atoms with E-state index in [0.717, 1.165) is 19.5 Å². The Bertz CT molecular complexity index is 632. The first-order valence-corrected chi connectivity index (χ1v) is 10.8. The van der Waals surface area contributed by atoms with E-state index in [1.165, 1.54) is 57.3 Å². The van der Waals surface area contributed by atoms with Gasteiger partial charge >= 0.3 is 0 Å². The summed E-state index contributed by atoms with van der Waals surface area (Å²) in [5.41, 5.74) is 1.27. The van der Waals surface area contributed by atoms with E-state index in [1.807, 2.05) is 0 Å². The maximum absolute atomic E-state index is 12.4. The van der Waals surface area contributed by atoms with Crippen LogP contribution in [-0.4, -0.2) is 60.5 Å². The van der Waals surface area contributed by atoms with Crippen LogP contribution in [0.5, 0.6) is 0 Å². The van der Waals surface area contributed by atoms with Crippen molar-refractivity contribution in [3.63, 3.8) is 0 Å². The largest absolute Gasteiger partial charge is 0.353 e. The number of amides is 1. The number of nitrogens with zero attached hydrogens (tertiary/aromatic N) is 2. The van der Waals surface area contributed by atoms with Crippen molar-refractivity contribution in [2.75, 3.05) is 32.7 Å². The Morgan fingerprint density at radius 2 is 1.81 bits per heavy atom. The van der Waals surface area contributed by atoms with Crippen molar-refractivity contribution in [2.45, 2.75) is 50.6 Å². The number of likely N-dealkylation sites (tertiary alicyclic amines) is 2. The number of carbonyl (C=O) groups excluding carboxylic acids is 1. The second kappa shape index (κ2) is 9.03. The van der Waals surface area contributed by atoms with Crippen LogP contribution in [0.3, 0.4) is 0 Å². The molecule has 1 amide bonds. The van der Waals surface area contributed by atoms with Gasteiger partial charge in [0, 0.05) is 25.2 Å². The van der Waals surface area contributed by atoms with Crippen LogP contribution >= 0.6 is 0 Å². The lowest BCUT2D eigenvalue weighted by atomic mass is 9.93. The van der Waals surface area contributed by atoms with Gasteiger partial charge in [0.15, 0.2) is 0 Å². The molecule has 4 rings (SSSR count). The molecule has 27 heavy (non-hydrogen) atoms. The third-order valence-corrected chi connectivity index (χ3v) is 6.29. The van der Waals surface area contributed by atoms with E-state index < -0.39 is 0 Å². The maximum Gasteiger partial charge on any atom is 0.224 e. The van der Waals surface area contributed by atoms with Crippen LogP contribution in [-0.2, 0) is 4.79 Å². The Kier molecular flexibility index (Phi) is 6.25. The van der Waals surface area contributed by atoms with Crippen molar-refractivity contribution >= 4 is 12.0 Å². The van der Waals surface area contributed by atoms with E-state index in [9.17, 15) is 4.79 Å². The van der Waals surface area contributed by atoms with E-state index in [2.05, 4.69) is 57.6 Å². The molecule has 0 radical (unpaired) electrons. The highest BCUT2D eigenvalue weighted by Crippen LogP contribution is 2.25. The topological polar surface area (TPSA) is 35.6 Å². The van der Waals surface area contributed by atoms with Gasteiger partial charge in [-0.1, -0.05) is 42.5 Å². The third kappa shape index (κ3) is 5.43. The Balaban J connectivity index is 1.20. The normalized spacial score (nSPS) is 25.7. The smallest absolute Gasteiger partial charge is 0.224 e. The van der Waals surface area contributed by atoms with Crippen LogP contribution in [0, 0.1) is 5.92 Å². The van der Waals surface area contributed by atoms with Gasteiger partial charge in [-0.3, -0.25) is 14.6 Å². The quantitative estimate of drug-likeness (QED) is 0.839. The van der Waals surface area contributed by atoms with E-state index in [0.29, 0.717) is 18.0 Å². The molecule has 1 atom stereocenters. The van der Waals surface area contributed by atoms with E-state index >= 15 is 0 Å². The molecule has 2 saturated heterocycles. The second-order valence-corrected chi connectivity index (χ2v) is 8.46. The summed E-state index contributed by atoms with van der Waals surface area (Å²) >= 11 is 0. The van der Waals surface area contributed by atoms with E-state index in [4.69, 9.17) is 0 Å². The lowest BCUT2D eigenvalue weighted by Crippen LogP contribution is -2.51. The molecule has 1 aliphatic carbocycles. The summed E-state index contributed by atoms with van der Waals surface area (Å²) in [6, 6.07) is 11.7. The first-order chi connectivity index (χ1) is 13.3. The average molecular weight is 368 g/mol. The summed E-state index contributed by atoms with van der Waals surface area (Å²) in [4.78, 5) is 17.6. The molecule has 4 nitrogen and oxygen atoms in total. The molecule has 0 aromatic heterocycles. The minimum absolute atomic E-state index is 0.214. The maximum atomic E-state index is 12.4. The molecule has 146 valence electrons. The van der Waals surface area contributed by atoms with Gasteiger partial charge in [0.1, 0.15) is 0 Å². The first-order valence-electron chi connectivity index (χ1n) is 10.8. The summed E-state index contributed by atoms with van der Waals surface area (Å²) in [6.07, 6.45) is 11.6. The van der Waals surface area contributed by atoms with Crippen molar-refractivity contribution in [1.29, 1.82) is 0 Å². The van der Waals surface area contributed by atoms with Gasteiger partial charge in [0.05, 0.1) is 5.92 Å². The van der Waals surface area contributed by atoms with Gasteiger partial charge < -0.3 is 5.32 Å². The van der Waals surface area contributed by atoms with Crippen molar-refractivity contribution in [1.82, 2.24) is 15.1 Å². The standard InChI is InChI=1S/C23H33N3O/c27-23(24-21-10-11-21)20-9-5-15-26(18-20)22-12-16-25(17-13-22)14-4-8-19-6-2-1-3-7-19/h1-4,6-8,20-22H,5,9-18H2,(H,24,27)/b8-4+/t20-/m1/s1. The molecule has 2 aliphatic heterocycles. The minimum Gasteiger partial charge on any atom is -0.353 e. The van der Waals surface area contributed by atoms with E-state index in [-0.39, 0.29) is 5.92 Å². The third-order valence-electron chi connectivity index (χ3n) is 6.29. The molecule has 0 bridgehead atoms. The van der Waals surface area contributed by atoms with Crippen LogP contribution in [0.1, 0.15) is 44.1 Å². The number of nitrogens with one attached hydrogen (secondary N) is 1. The van der Waals surface area contributed by atoms with Crippen LogP contribution in [0.25, 0.3) is 6.08 Å². The fraction of sp³-hybridized carbons (Fsp3) is 0.609. The Morgan fingerprint density at radius 1 is 1.04 bits per heavy atom. The molecule has 0 spiro atoms. The van der Waals surface area contributed by atoms with Crippen LogP contribution < -0.4 is 5.32 Å². The Labute approximate surface area is 163 Å². The lowest BCUT2D eigenvalue weighted by Gasteiger charge is -2.41. The second-order valence-electron chi connectivity index (χ2n) is 8.46. The van der Waals surface area contributed by atoms with Crippen LogP contribution in [0.15, 0.2) is 36.4 Å². The van der Waals surface area contributed by atoms with Gasteiger partial charge in [0.2, 0.25) is 5.91 Å². The molecular formula is C23H33N3O. The molecule has 1 N–H and O–H groups in total. The Hall–Kier alpha value is -1.65. The fourth-order valence-corrected chi connectivity index (χ4v) is 4.47. The van der Waals surface area contributed by atoms with Gasteiger partial charge in [-0.2, -0.15) is 0 Å². The van der Waals surface area contributed by atoms with Gasteiger partial charge in [-0.05, 0) is 63.7 Å². The highest BCUT2D eigenvalue weighted by atomic mass is 16.2. The highest BCUT2D eigenvalue weighted by molar-refractivity contribution is 5.79. The zero-order chi connectivity index (χ0) is 18.5. The van der Waals surface area contributed by atoms with Gasteiger partial charge in [0.25, 0.3) is 0 Å². The summed E-state index contributed by atoms with van der Waals surface area (Å²) < 4.78 is 0. The molecule has 0 unspecified atom stereocenters. The van der Waals surface area contributed by atoms with Crippen molar-refractivity contribution in [3.05, 3.63) is 42.0 Å². The molecule has 3 fully saturated rings. The van der Waals surface area contributed by atoms with Gasteiger partial charge in [-0.25, -0.2) is 0 Å². The number of hydrogen-bond donors (Lipinski definition) is 1. The molecule has 4 heteroatoms. The van der Waals surface area contributed by atoms with Crippen LogP contribution in [0.4, 0.5) is 0 Å². The molecule has 2 heterocycles. The zero-order valence-electron chi connectivity index (χ0n) is 16.4. The number of benzene rings is 1. The first kappa shape index (κ1) is 18.7. The summed E-state index contributed by atoms with van der Waals surface area (Å²) in [7, 11) is 0. The average Bonchev–Trinajstić information content (AvgIpc) is 3.53. The predicted molar refractivity (Wildman–Crippen MR) is 110 cm³/mol. The Morgan fingerprint density at radius 3 is 2.56 bits per heavy atom. The predicted octanol–water partition coefficient (Wildman–Crippen LogP) is 3.15. The number of piperidine rings is 2. The number of carbonyl (C=O) groups is 1. The van der Waals surface area contributed by atoms with Gasteiger partial charge in [-0.15, -0.1) is 0 Å².